The van der Waals surface area contributed by atoms with Crippen molar-refractivity contribution in [2.24, 2.45) is 0 Å². The molecule has 0 heterocycles. The summed E-state index contributed by atoms with van der Waals surface area (Å²) in [6.45, 7) is 8.65. The smallest absolute Gasteiger partial charge is 0.0305 e. The van der Waals surface area contributed by atoms with Gasteiger partial charge in [-0.05, 0) is 48.9 Å². The number of hydrogen-bond acceptors (Lipinski definition) is 0. The minimum Gasteiger partial charge on any atom is -0.0623 e. The first-order chi connectivity index (χ1) is 14.7. The Morgan fingerprint density at radius 1 is 0.367 bits per heavy atom. The zero-order chi connectivity index (χ0) is 21.9. The maximum atomic E-state index is 2.21. The zero-order valence-corrected chi connectivity index (χ0v) is 19.0. The van der Waals surface area contributed by atoms with Gasteiger partial charge in [-0.25, -0.2) is 0 Å². The summed E-state index contributed by atoms with van der Waals surface area (Å²) in [4.78, 5) is 0. The summed E-state index contributed by atoms with van der Waals surface area (Å²) in [5, 5.41) is 0. The zero-order valence-electron chi connectivity index (χ0n) is 19.0. The molecule has 0 spiro atoms. The fraction of sp³-hybridized carbons (Fsp3) is 0.200. The second kappa shape index (κ2) is 16.8. The van der Waals surface area contributed by atoms with Crippen molar-refractivity contribution in [1.29, 1.82) is 0 Å². The molecule has 0 saturated carbocycles. The normalized spacial score (nSPS) is 8.93. The van der Waals surface area contributed by atoms with Gasteiger partial charge in [-0.3, -0.25) is 0 Å². The molecule has 0 aromatic heterocycles. The lowest BCUT2D eigenvalue weighted by atomic mass is 10.0. The highest BCUT2D eigenvalue weighted by molar-refractivity contribution is 5.26. The maximum Gasteiger partial charge on any atom is -0.0305 e. The fourth-order valence-electron chi connectivity index (χ4n) is 2.68. The van der Waals surface area contributed by atoms with Crippen molar-refractivity contribution >= 4 is 0 Å². The SMILES string of the molecule is CCc1ccccc1CC.Cc1ccccc1C.c1ccccc1.c1ccccc1. The number of aryl methyl sites for hydroxylation is 4. The minimum atomic E-state index is 1.16. The molecule has 0 unspecified atom stereocenters. The molecule has 156 valence electrons. The van der Waals surface area contributed by atoms with Crippen molar-refractivity contribution in [1.82, 2.24) is 0 Å². The van der Waals surface area contributed by atoms with Crippen molar-refractivity contribution in [3.8, 4) is 0 Å². The summed E-state index contributed by atoms with van der Waals surface area (Å²) in [5.74, 6) is 0. The van der Waals surface area contributed by atoms with E-state index in [1.165, 1.54) is 22.3 Å². The van der Waals surface area contributed by atoms with Gasteiger partial charge in [-0.15, -0.1) is 0 Å². The highest BCUT2D eigenvalue weighted by Gasteiger charge is 1.93. The van der Waals surface area contributed by atoms with E-state index in [9.17, 15) is 0 Å². The predicted octanol–water partition coefficient (Wildman–Crippen LogP) is 8.49. The van der Waals surface area contributed by atoms with Crippen LogP contribution in [0, 0.1) is 13.8 Å². The second-order valence-electron chi connectivity index (χ2n) is 6.87. The van der Waals surface area contributed by atoms with E-state index in [4.69, 9.17) is 0 Å². The molecule has 4 rings (SSSR count). The summed E-state index contributed by atoms with van der Waals surface area (Å²) in [6, 6.07) is 41.0. The van der Waals surface area contributed by atoms with E-state index in [0.717, 1.165) is 12.8 Å². The topological polar surface area (TPSA) is 0 Å². The highest BCUT2D eigenvalue weighted by Crippen LogP contribution is 2.09. The molecule has 0 fully saturated rings. The lowest BCUT2D eigenvalue weighted by Gasteiger charge is -2.02. The first-order valence-electron chi connectivity index (χ1n) is 10.8. The molecular formula is C30H36. The largest absolute Gasteiger partial charge is 0.0623 e. The van der Waals surface area contributed by atoms with E-state index >= 15 is 0 Å². The van der Waals surface area contributed by atoms with Gasteiger partial charge in [0.2, 0.25) is 0 Å². The molecular weight excluding hydrogens is 360 g/mol. The van der Waals surface area contributed by atoms with Gasteiger partial charge in [0, 0.05) is 0 Å². The summed E-state index contributed by atoms with van der Waals surface area (Å²) in [5.41, 5.74) is 5.72. The minimum absolute atomic E-state index is 1.16. The van der Waals surface area contributed by atoms with E-state index in [0.29, 0.717) is 0 Å². The van der Waals surface area contributed by atoms with Crippen LogP contribution in [-0.4, -0.2) is 0 Å². The molecule has 0 heteroatoms. The molecule has 0 aliphatic rings. The average molecular weight is 397 g/mol. The molecule has 0 saturated heterocycles. The van der Waals surface area contributed by atoms with Gasteiger partial charge >= 0.3 is 0 Å². The van der Waals surface area contributed by atoms with Crippen LogP contribution in [0.1, 0.15) is 36.1 Å². The van der Waals surface area contributed by atoms with Crippen molar-refractivity contribution in [3.63, 3.8) is 0 Å². The van der Waals surface area contributed by atoms with Crippen molar-refractivity contribution < 1.29 is 0 Å². The van der Waals surface area contributed by atoms with Gasteiger partial charge in [0.05, 0.1) is 0 Å². The van der Waals surface area contributed by atoms with Crippen LogP contribution < -0.4 is 0 Å². The third-order valence-electron chi connectivity index (χ3n) is 4.64. The van der Waals surface area contributed by atoms with E-state index in [-0.39, 0.29) is 0 Å². The molecule has 4 aromatic rings. The van der Waals surface area contributed by atoms with Gasteiger partial charge in [-0.1, -0.05) is 135 Å². The van der Waals surface area contributed by atoms with Gasteiger partial charge in [0.15, 0.2) is 0 Å². The Labute approximate surface area is 184 Å². The van der Waals surface area contributed by atoms with E-state index in [1.807, 2.05) is 72.8 Å². The van der Waals surface area contributed by atoms with E-state index in [2.05, 4.69) is 76.2 Å². The molecule has 0 nitrogen and oxygen atoms in total. The molecule has 0 aliphatic carbocycles. The Hall–Kier alpha value is -3.12. The lowest BCUT2D eigenvalue weighted by molar-refractivity contribution is 1.04. The Kier molecular flexibility index (Phi) is 14.0. The first kappa shape index (κ1) is 24.9. The van der Waals surface area contributed by atoms with Gasteiger partial charge < -0.3 is 0 Å². The van der Waals surface area contributed by atoms with Crippen LogP contribution in [0.3, 0.4) is 0 Å². The van der Waals surface area contributed by atoms with Crippen LogP contribution in [0.15, 0.2) is 121 Å². The number of benzene rings is 4. The van der Waals surface area contributed by atoms with Gasteiger partial charge in [0.1, 0.15) is 0 Å². The summed E-state index contributed by atoms with van der Waals surface area (Å²) >= 11 is 0. The van der Waals surface area contributed by atoms with Crippen LogP contribution in [0.5, 0.6) is 0 Å². The summed E-state index contributed by atoms with van der Waals surface area (Å²) in [7, 11) is 0. The maximum absolute atomic E-state index is 2.21. The molecule has 4 aromatic carbocycles. The molecule has 0 atom stereocenters. The Morgan fingerprint density at radius 2 is 0.600 bits per heavy atom. The molecule has 0 aliphatic heterocycles. The van der Waals surface area contributed by atoms with E-state index in [1.54, 1.807) is 0 Å². The average Bonchev–Trinajstić information content (AvgIpc) is 2.84. The number of hydrogen-bond donors (Lipinski definition) is 0. The lowest BCUT2D eigenvalue weighted by Crippen LogP contribution is -1.88. The number of rotatable bonds is 2. The van der Waals surface area contributed by atoms with Crippen LogP contribution in [0.25, 0.3) is 0 Å². The third kappa shape index (κ3) is 11.7. The van der Waals surface area contributed by atoms with Crippen molar-refractivity contribution in [3.05, 3.63) is 144 Å². The fourth-order valence-corrected chi connectivity index (χ4v) is 2.68. The second-order valence-corrected chi connectivity index (χ2v) is 6.87. The molecule has 0 bridgehead atoms. The predicted molar refractivity (Wildman–Crippen MR) is 134 cm³/mol. The standard InChI is InChI=1S/C10H14.C8H10.2C6H6/c1-3-9-7-5-6-8-10(9)4-2;1-7-5-3-4-6-8(7)2;2*1-2-4-6-5-3-1/h5-8H,3-4H2,1-2H3;3-6H,1-2H3;2*1-6H. The van der Waals surface area contributed by atoms with Crippen LogP contribution in [0.2, 0.25) is 0 Å². The Balaban J connectivity index is 0.000000205. The van der Waals surface area contributed by atoms with Gasteiger partial charge in [0.25, 0.3) is 0 Å². The third-order valence-corrected chi connectivity index (χ3v) is 4.64. The van der Waals surface area contributed by atoms with Crippen LogP contribution in [0.4, 0.5) is 0 Å². The van der Waals surface area contributed by atoms with Crippen LogP contribution in [-0.2, 0) is 12.8 Å². The summed E-state index contributed by atoms with van der Waals surface area (Å²) in [6.07, 6.45) is 2.31. The van der Waals surface area contributed by atoms with Crippen LogP contribution >= 0.6 is 0 Å². The molecule has 0 amide bonds. The van der Waals surface area contributed by atoms with Crippen molar-refractivity contribution in [2.45, 2.75) is 40.5 Å². The molecule has 0 N–H and O–H groups in total. The van der Waals surface area contributed by atoms with Gasteiger partial charge in [-0.2, -0.15) is 0 Å². The Bertz CT molecular complexity index is 751. The highest BCUT2D eigenvalue weighted by atomic mass is 14.0. The Morgan fingerprint density at radius 3 is 0.800 bits per heavy atom. The summed E-state index contributed by atoms with van der Waals surface area (Å²) < 4.78 is 0. The first-order valence-corrected chi connectivity index (χ1v) is 10.8. The van der Waals surface area contributed by atoms with Crippen molar-refractivity contribution in [2.75, 3.05) is 0 Å². The quantitative estimate of drug-likeness (QED) is 0.318. The molecule has 0 radical (unpaired) electrons. The van der Waals surface area contributed by atoms with E-state index < -0.39 is 0 Å². The molecule has 30 heavy (non-hydrogen) atoms. The monoisotopic (exact) mass is 396 g/mol.